The van der Waals surface area contributed by atoms with Crippen molar-refractivity contribution in [3.05, 3.63) is 0 Å². The second-order valence-corrected chi connectivity index (χ2v) is 7.55. The van der Waals surface area contributed by atoms with Crippen molar-refractivity contribution in [2.24, 2.45) is 5.92 Å². The van der Waals surface area contributed by atoms with E-state index < -0.39 is 30.4 Å². The van der Waals surface area contributed by atoms with Gasteiger partial charge in [-0.2, -0.15) is 0 Å². The molecule has 3 atom stereocenters. The first-order valence-corrected chi connectivity index (χ1v) is 10.7. The fraction of sp³-hybridized carbons (Fsp3) is 0.905. The number of carbonyl (C=O) groups excluding carboxylic acids is 1. The van der Waals surface area contributed by atoms with Gasteiger partial charge in [-0.1, -0.05) is 77.6 Å². The SMILES string of the molecule is CCCCCCC(O)CCCCCCCCCC(C(=O)O)C(=O)C(O)CO. The summed E-state index contributed by atoms with van der Waals surface area (Å²) in [5, 5.41) is 37.1. The molecule has 3 unspecified atom stereocenters. The first kappa shape index (κ1) is 26.0. The lowest BCUT2D eigenvalue weighted by Gasteiger charge is -2.14. The number of aliphatic carboxylic acids is 1. The molecular weight excluding hydrogens is 348 g/mol. The van der Waals surface area contributed by atoms with Crippen LogP contribution in [-0.2, 0) is 9.59 Å². The Labute approximate surface area is 164 Å². The first-order chi connectivity index (χ1) is 12.9. The largest absolute Gasteiger partial charge is 0.481 e. The fourth-order valence-corrected chi connectivity index (χ4v) is 3.27. The van der Waals surface area contributed by atoms with Crippen LogP contribution in [0.2, 0.25) is 0 Å². The minimum absolute atomic E-state index is 0.165. The molecule has 27 heavy (non-hydrogen) atoms. The molecule has 160 valence electrons. The van der Waals surface area contributed by atoms with Crippen LogP contribution in [0, 0.1) is 5.92 Å². The molecule has 0 rings (SSSR count). The van der Waals surface area contributed by atoms with Crippen molar-refractivity contribution < 1.29 is 30.0 Å². The van der Waals surface area contributed by atoms with Gasteiger partial charge in [-0.3, -0.25) is 9.59 Å². The topological polar surface area (TPSA) is 115 Å². The van der Waals surface area contributed by atoms with Gasteiger partial charge in [0.15, 0.2) is 5.78 Å². The molecule has 0 aromatic heterocycles. The third kappa shape index (κ3) is 13.8. The Morgan fingerprint density at radius 2 is 1.19 bits per heavy atom. The van der Waals surface area contributed by atoms with Gasteiger partial charge < -0.3 is 20.4 Å². The van der Waals surface area contributed by atoms with Crippen molar-refractivity contribution in [1.29, 1.82) is 0 Å². The lowest BCUT2D eigenvalue weighted by molar-refractivity contribution is -0.150. The summed E-state index contributed by atoms with van der Waals surface area (Å²) in [7, 11) is 0. The van der Waals surface area contributed by atoms with E-state index in [0.717, 1.165) is 57.8 Å². The normalized spacial score (nSPS) is 14.7. The number of carbonyl (C=O) groups is 2. The summed E-state index contributed by atoms with van der Waals surface area (Å²) >= 11 is 0. The van der Waals surface area contributed by atoms with Crippen LogP contribution >= 0.6 is 0 Å². The molecular formula is C21H40O6. The Balaban J connectivity index is 3.62. The summed E-state index contributed by atoms with van der Waals surface area (Å²) in [6.45, 7) is 1.44. The molecule has 0 aromatic carbocycles. The second-order valence-electron chi connectivity index (χ2n) is 7.55. The molecule has 4 N–H and O–H groups in total. The van der Waals surface area contributed by atoms with Crippen molar-refractivity contribution in [1.82, 2.24) is 0 Å². The number of ketones is 1. The summed E-state index contributed by atoms with van der Waals surface area (Å²) in [5.74, 6) is -3.27. The van der Waals surface area contributed by atoms with Crippen molar-refractivity contribution >= 4 is 11.8 Å². The maximum Gasteiger partial charge on any atom is 0.314 e. The number of hydrogen-bond acceptors (Lipinski definition) is 5. The highest BCUT2D eigenvalue weighted by Gasteiger charge is 2.30. The lowest BCUT2D eigenvalue weighted by Crippen LogP contribution is -2.35. The number of rotatable bonds is 19. The number of Topliss-reactive ketones (excluding diaryl/α,β-unsaturated/α-hetero) is 1. The quantitative estimate of drug-likeness (QED) is 0.199. The summed E-state index contributed by atoms with van der Waals surface area (Å²) < 4.78 is 0. The predicted molar refractivity (Wildman–Crippen MR) is 106 cm³/mol. The Hall–Kier alpha value is -0.980. The zero-order valence-corrected chi connectivity index (χ0v) is 16.9. The van der Waals surface area contributed by atoms with E-state index in [0.29, 0.717) is 6.42 Å². The average Bonchev–Trinajstić information content (AvgIpc) is 2.65. The zero-order valence-electron chi connectivity index (χ0n) is 16.9. The van der Waals surface area contributed by atoms with Gasteiger partial charge in [0.2, 0.25) is 0 Å². The molecule has 0 amide bonds. The van der Waals surface area contributed by atoms with E-state index in [-0.39, 0.29) is 12.5 Å². The molecule has 0 bridgehead atoms. The van der Waals surface area contributed by atoms with Gasteiger partial charge in [-0.15, -0.1) is 0 Å². The van der Waals surface area contributed by atoms with Crippen LogP contribution in [0.4, 0.5) is 0 Å². The van der Waals surface area contributed by atoms with Crippen molar-refractivity contribution in [2.75, 3.05) is 6.61 Å². The highest BCUT2D eigenvalue weighted by Crippen LogP contribution is 2.17. The fourth-order valence-electron chi connectivity index (χ4n) is 3.27. The Bertz CT molecular complexity index is 385. The van der Waals surface area contributed by atoms with Crippen molar-refractivity contribution in [3.63, 3.8) is 0 Å². The molecule has 6 nitrogen and oxygen atoms in total. The van der Waals surface area contributed by atoms with Crippen LogP contribution in [0.5, 0.6) is 0 Å². The number of aliphatic hydroxyl groups excluding tert-OH is 3. The Kier molecular flexibility index (Phi) is 16.5. The summed E-state index contributed by atoms with van der Waals surface area (Å²) in [6, 6.07) is 0. The number of aliphatic hydroxyl groups is 3. The molecule has 0 saturated carbocycles. The number of carboxylic acid groups (broad SMARTS) is 1. The average molecular weight is 389 g/mol. The molecule has 0 radical (unpaired) electrons. The lowest BCUT2D eigenvalue weighted by atomic mass is 9.93. The van der Waals surface area contributed by atoms with E-state index in [1.165, 1.54) is 19.3 Å². The minimum Gasteiger partial charge on any atom is -0.481 e. The van der Waals surface area contributed by atoms with E-state index >= 15 is 0 Å². The molecule has 0 saturated heterocycles. The maximum atomic E-state index is 11.7. The van der Waals surface area contributed by atoms with Crippen molar-refractivity contribution in [2.45, 2.75) is 109 Å². The summed E-state index contributed by atoms with van der Waals surface area (Å²) in [6.07, 6.45) is 11.8. The smallest absolute Gasteiger partial charge is 0.314 e. The standard InChI is InChI=1S/C21H40O6/c1-2-3-4-10-13-17(23)14-11-8-6-5-7-9-12-15-18(21(26)27)20(25)19(24)16-22/h17-19,22-24H,2-16H2,1H3,(H,26,27). The van der Waals surface area contributed by atoms with E-state index in [1.54, 1.807) is 0 Å². The first-order valence-electron chi connectivity index (χ1n) is 10.7. The van der Waals surface area contributed by atoms with Gasteiger partial charge in [-0.05, 0) is 19.3 Å². The summed E-state index contributed by atoms with van der Waals surface area (Å²) in [5.41, 5.74) is 0. The molecule has 0 aliphatic rings. The van der Waals surface area contributed by atoms with Gasteiger partial charge >= 0.3 is 5.97 Å². The molecule has 0 aliphatic carbocycles. The highest BCUT2D eigenvalue weighted by atomic mass is 16.4. The van der Waals surface area contributed by atoms with E-state index in [4.69, 9.17) is 10.2 Å². The van der Waals surface area contributed by atoms with Gasteiger partial charge in [0.25, 0.3) is 0 Å². The van der Waals surface area contributed by atoms with Crippen LogP contribution < -0.4 is 0 Å². The van der Waals surface area contributed by atoms with Gasteiger partial charge in [0, 0.05) is 0 Å². The number of unbranched alkanes of at least 4 members (excludes halogenated alkanes) is 9. The van der Waals surface area contributed by atoms with E-state index in [2.05, 4.69) is 6.92 Å². The summed E-state index contributed by atoms with van der Waals surface area (Å²) in [4.78, 5) is 22.8. The van der Waals surface area contributed by atoms with Crippen LogP contribution in [0.3, 0.4) is 0 Å². The molecule has 0 aromatic rings. The Morgan fingerprint density at radius 3 is 1.63 bits per heavy atom. The van der Waals surface area contributed by atoms with Crippen LogP contribution in [0.15, 0.2) is 0 Å². The number of carboxylic acids is 1. The zero-order chi connectivity index (χ0) is 20.5. The minimum atomic E-state index is -1.60. The molecule has 6 heteroatoms. The van der Waals surface area contributed by atoms with Gasteiger partial charge in [0.05, 0.1) is 12.7 Å². The number of hydrogen-bond donors (Lipinski definition) is 4. The predicted octanol–water partition coefficient (Wildman–Crippen LogP) is 3.45. The Morgan fingerprint density at radius 1 is 0.741 bits per heavy atom. The monoisotopic (exact) mass is 388 g/mol. The highest BCUT2D eigenvalue weighted by molar-refractivity contribution is 6.00. The molecule has 0 fully saturated rings. The second kappa shape index (κ2) is 17.1. The third-order valence-electron chi connectivity index (χ3n) is 5.06. The van der Waals surface area contributed by atoms with Gasteiger partial charge in [0.1, 0.15) is 12.0 Å². The van der Waals surface area contributed by atoms with E-state index in [1.807, 2.05) is 0 Å². The van der Waals surface area contributed by atoms with Gasteiger partial charge in [-0.25, -0.2) is 0 Å². The van der Waals surface area contributed by atoms with E-state index in [9.17, 15) is 19.8 Å². The third-order valence-corrected chi connectivity index (χ3v) is 5.06. The van der Waals surface area contributed by atoms with Crippen LogP contribution in [0.25, 0.3) is 0 Å². The molecule has 0 aliphatic heterocycles. The van der Waals surface area contributed by atoms with Crippen LogP contribution in [0.1, 0.15) is 96.8 Å². The molecule has 0 heterocycles. The van der Waals surface area contributed by atoms with Crippen molar-refractivity contribution in [3.8, 4) is 0 Å². The van der Waals surface area contributed by atoms with Crippen LogP contribution in [-0.4, -0.2) is 51.0 Å². The maximum absolute atomic E-state index is 11.7. The molecule has 0 spiro atoms.